The highest BCUT2D eigenvalue weighted by Crippen LogP contribution is 2.38. The van der Waals surface area contributed by atoms with Crippen LogP contribution in [-0.4, -0.2) is 63.9 Å². The first kappa shape index (κ1) is 54.1. The zero-order chi connectivity index (χ0) is 40.3. The number of hydrogen-bond acceptors (Lipinski definition) is 4. The van der Waals surface area contributed by atoms with Crippen LogP contribution in [0, 0.1) is 27.6 Å². The Hall–Kier alpha value is -1.20. The number of piperidine rings is 1. The summed E-state index contributed by atoms with van der Waals surface area (Å²) in [7, 11) is 0. The van der Waals surface area contributed by atoms with Crippen molar-refractivity contribution >= 4 is 0 Å². The summed E-state index contributed by atoms with van der Waals surface area (Å²) in [5, 5.41) is 6.68. The van der Waals surface area contributed by atoms with Gasteiger partial charge < -0.3 is 15.4 Å². The molecule has 2 atom stereocenters. The largest absolute Gasteiger partial charge is 0.377 e. The molecule has 51 heavy (non-hydrogen) atoms. The van der Waals surface area contributed by atoms with Gasteiger partial charge in [-0.15, -0.1) is 0 Å². The normalized spacial score (nSPS) is 21.3. The number of ether oxygens (including phenoxy) is 1. The van der Waals surface area contributed by atoms with E-state index in [1.54, 1.807) is 22.3 Å². The van der Waals surface area contributed by atoms with Crippen molar-refractivity contribution in [3.63, 3.8) is 0 Å². The van der Waals surface area contributed by atoms with Crippen LogP contribution < -0.4 is 10.6 Å². The first-order valence-electron chi connectivity index (χ1n) is 21.4. The van der Waals surface area contributed by atoms with Crippen LogP contribution in [0.25, 0.3) is 0 Å². The van der Waals surface area contributed by atoms with Crippen LogP contribution in [0.15, 0.2) is 46.6 Å². The summed E-state index contributed by atoms with van der Waals surface area (Å²) in [6.07, 6.45) is 15.7. The fourth-order valence-corrected chi connectivity index (χ4v) is 6.51. The molecule has 5 heterocycles. The van der Waals surface area contributed by atoms with Gasteiger partial charge in [-0.2, -0.15) is 0 Å². The Labute approximate surface area is 323 Å². The highest BCUT2D eigenvalue weighted by atomic mass is 16.5. The quantitative estimate of drug-likeness (QED) is 0.245. The Morgan fingerprint density at radius 2 is 1.16 bits per heavy atom. The maximum Gasteiger partial charge on any atom is 0.0650 e. The number of nitrogens with zero attached hydrogens (tertiary/aromatic N) is 1. The van der Waals surface area contributed by atoms with E-state index < -0.39 is 0 Å². The van der Waals surface area contributed by atoms with Gasteiger partial charge in [0.25, 0.3) is 0 Å². The van der Waals surface area contributed by atoms with Gasteiger partial charge in [0, 0.05) is 26.2 Å². The molecule has 4 nitrogen and oxygen atoms in total. The second kappa shape index (κ2) is 29.2. The van der Waals surface area contributed by atoms with E-state index in [0.717, 1.165) is 51.7 Å². The third-order valence-electron chi connectivity index (χ3n) is 9.33. The molecule has 304 valence electrons. The lowest BCUT2D eigenvalue weighted by atomic mass is 9.74. The summed E-state index contributed by atoms with van der Waals surface area (Å²) in [5.41, 5.74) is 7.92. The Bertz CT molecular complexity index is 872. The standard InChI is InChI=1S/C12H21N.2C9H17N.C9H16O.4C2H6/c1-12(2,3)11-6-8-13-7-4-5-10(11)9-13;1-9(2,3)8-4-6-10-7-5-8;1-9(2,3)8-5-4-6-10-7-8;1-9(2,3)8-4-6-10-7-5-8;4*1-2/h6,10H,4-5,7-9H2,1-3H3;4,10H,5-7H2,1-3H3;5,10H,4,6-7H2,1-3H3;4H,5-7H2,1-3H3;4*1-2H3. The van der Waals surface area contributed by atoms with Gasteiger partial charge in [-0.05, 0) is 79.3 Å². The van der Waals surface area contributed by atoms with Crippen LogP contribution in [-0.2, 0) is 4.74 Å². The van der Waals surface area contributed by atoms with E-state index in [1.165, 1.54) is 45.3 Å². The van der Waals surface area contributed by atoms with Crippen molar-refractivity contribution in [3.05, 3.63) is 46.6 Å². The molecule has 0 spiro atoms. The molecular formula is C47H95N3O. The predicted octanol–water partition coefficient (Wildman–Crippen LogP) is 13.1. The molecule has 4 heteroatoms. The lowest BCUT2D eigenvalue weighted by Gasteiger charge is -2.42. The van der Waals surface area contributed by atoms with Gasteiger partial charge in [-0.3, -0.25) is 4.90 Å². The fourth-order valence-electron chi connectivity index (χ4n) is 6.51. The molecule has 2 N–H and O–H groups in total. The van der Waals surface area contributed by atoms with Crippen molar-refractivity contribution in [2.24, 2.45) is 27.6 Å². The molecule has 5 rings (SSSR count). The van der Waals surface area contributed by atoms with Gasteiger partial charge in [0.2, 0.25) is 0 Å². The summed E-state index contributed by atoms with van der Waals surface area (Å²) in [5.74, 6) is 0.863. The second-order valence-corrected chi connectivity index (χ2v) is 17.2. The van der Waals surface area contributed by atoms with Crippen molar-refractivity contribution in [1.82, 2.24) is 15.5 Å². The van der Waals surface area contributed by atoms with E-state index in [1.807, 2.05) is 55.4 Å². The first-order valence-corrected chi connectivity index (χ1v) is 21.4. The molecule has 0 aromatic heterocycles. The van der Waals surface area contributed by atoms with Crippen LogP contribution >= 0.6 is 0 Å². The average Bonchev–Trinajstić information content (AvgIpc) is 3.12. The highest BCUT2D eigenvalue weighted by Gasteiger charge is 2.31. The van der Waals surface area contributed by atoms with Gasteiger partial charge in [0.15, 0.2) is 0 Å². The molecule has 0 aromatic carbocycles. The third-order valence-corrected chi connectivity index (χ3v) is 9.33. The lowest BCUT2D eigenvalue weighted by Crippen LogP contribution is -2.42. The zero-order valence-corrected chi connectivity index (χ0v) is 38.6. The molecule has 1 saturated heterocycles. The van der Waals surface area contributed by atoms with Crippen molar-refractivity contribution < 1.29 is 4.74 Å². The summed E-state index contributed by atoms with van der Waals surface area (Å²) in [6, 6.07) is 0. The molecule has 5 aliphatic rings. The minimum absolute atomic E-state index is 0.351. The number of fused-ring (bicyclic) bond motifs is 2. The van der Waals surface area contributed by atoms with Crippen LogP contribution in [0.4, 0.5) is 0 Å². The van der Waals surface area contributed by atoms with Crippen molar-refractivity contribution in [3.8, 4) is 0 Å². The van der Waals surface area contributed by atoms with Crippen LogP contribution in [0.3, 0.4) is 0 Å². The average molecular weight is 718 g/mol. The van der Waals surface area contributed by atoms with E-state index in [2.05, 4.69) is 123 Å². The zero-order valence-electron chi connectivity index (χ0n) is 38.6. The molecule has 2 unspecified atom stereocenters. The molecular weight excluding hydrogens is 623 g/mol. The van der Waals surface area contributed by atoms with Crippen molar-refractivity contribution in [2.75, 3.05) is 59.0 Å². The third kappa shape index (κ3) is 24.7. The van der Waals surface area contributed by atoms with E-state index >= 15 is 0 Å². The lowest BCUT2D eigenvalue weighted by molar-refractivity contribution is 0.147. The number of hydrogen-bond donors (Lipinski definition) is 2. The van der Waals surface area contributed by atoms with Gasteiger partial charge in [-0.1, -0.05) is 185 Å². The van der Waals surface area contributed by atoms with Crippen molar-refractivity contribution in [2.45, 2.75) is 171 Å². The maximum absolute atomic E-state index is 5.22. The number of nitrogens with one attached hydrogen (secondary N) is 2. The molecule has 2 bridgehead atoms. The molecule has 0 aromatic rings. The SMILES string of the molecule is CC.CC.CC.CC.CC(C)(C)C1=CCCNC1.CC(C)(C)C1=CCN2CCCC1C2.CC(C)(C)C1=CCNCC1.CC(C)(C)C1=CCOCC1. The smallest absolute Gasteiger partial charge is 0.0650 e. The predicted molar refractivity (Wildman–Crippen MR) is 235 cm³/mol. The summed E-state index contributed by atoms with van der Waals surface area (Å²) < 4.78 is 5.22. The van der Waals surface area contributed by atoms with Crippen LogP contribution in [0.1, 0.15) is 171 Å². The van der Waals surface area contributed by atoms with E-state index in [4.69, 9.17) is 4.74 Å². The number of rotatable bonds is 0. The topological polar surface area (TPSA) is 36.5 Å². The monoisotopic (exact) mass is 718 g/mol. The van der Waals surface area contributed by atoms with Gasteiger partial charge in [0.1, 0.15) is 0 Å². The van der Waals surface area contributed by atoms with Crippen LogP contribution in [0.5, 0.6) is 0 Å². The molecule has 1 fully saturated rings. The Balaban J connectivity index is -0.000000567. The van der Waals surface area contributed by atoms with Crippen LogP contribution in [0.2, 0.25) is 0 Å². The summed E-state index contributed by atoms with van der Waals surface area (Å²) in [4.78, 5) is 2.59. The summed E-state index contributed by atoms with van der Waals surface area (Å²) >= 11 is 0. The van der Waals surface area contributed by atoms with Gasteiger partial charge in [-0.25, -0.2) is 0 Å². The minimum Gasteiger partial charge on any atom is -0.377 e. The Kier molecular flexibility index (Phi) is 31.0. The molecule has 0 radical (unpaired) electrons. The van der Waals surface area contributed by atoms with E-state index in [9.17, 15) is 0 Å². The Morgan fingerprint density at radius 1 is 0.608 bits per heavy atom. The molecule has 0 aliphatic carbocycles. The minimum atomic E-state index is 0.351. The molecule has 0 amide bonds. The molecule has 0 saturated carbocycles. The van der Waals surface area contributed by atoms with E-state index in [0.29, 0.717) is 21.7 Å². The molecule has 5 aliphatic heterocycles. The van der Waals surface area contributed by atoms with E-state index in [-0.39, 0.29) is 0 Å². The fraction of sp³-hybridized carbons (Fsp3) is 0.830. The Morgan fingerprint density at radius 3 is 1.51 bits per heavy atom. The maximum atomic E-state index is 5.22. The van der Waals surface area contributed by atoms with Gasteiger partial charge >= 0.3 is 0 Å². The first-order chi connectivity index (χ1) is 23.9. The van der Waals surface area contributed by atoms with Gasteiger partial charge in [0.05, 0.1) is 13.2 Å². The second-order valence-electron chi connectivity index (χ2n) is 17.2. The summed E-state index contributed by atoms with van der Waals surface area (Å²) in [6.45, 7) is 53.5. The van der Waals surface area contributed by atoms with Crippen molar-refractivity contribution in [1.29, 1.82) is 0 Å². The highest BCUT2D eigenvalue weighted by molar-refractivity contribution is 5.20.